The van der Waals surface area contributed by atoms with E-state index in [0.29, 0.717) is 23.7 Å². The Balaban J connectivity index is 2.11. The van der Waals surface area contributed by atoms with E-state index in [1.165, 1.54) is 4.90 Å². The maximum atomic E-state index is 12.2. The van der Waals surface area contributed by atoms with Gasteiger partial charge in [-0.25, -0.2) is 4.79 Å². The monoisotopic (exact) mass is 328 g/mol. The van der Waals surface area contributed by atoms with Gasteiger partial charge in [-0.05, 0) is 38.5 Å². The summed E-state index contributed by atoms with van der Waals surface area (Å²) in [4.78, 5) is 13.6. The molecule has 0 aliphatic carbocycles. The van der Waals surface area contributed by atoms with Gasteiger partial charge in [-0.3, -0.25) is 4.90 Å². The Hall–Kier alpha value is -2.69. The maximum Gasteiger partial charge on any atom is 0.414 e. The zero-order valence-corrected chi connectivity index (χ0v) is 14.6. The van der Waals surface area contributed by atoms with Crippen LogP contribution in [0.1, 0.15) is 26.3 Å². The Kier molecular flexibility index (Phi) is 5.34. The molecule has 0 aliphatic rings. The van der Waals surface area contributed by atoms with Gasteiger partial charge >= 0.3 is 6.09 Å². The quantitative estimate of drug-likeness (QED) is 0.854. The molecular formula is C19H24N2O3. The molecule has 0 atom stereocenters. The Labute approximate surface area is 143 Å². The van der Waals surface area contributed by atoms with Gasteiger partial charge in [0.1, 0.15) is 18.0 Å². The van der Waals surface area contributed by atoms with Crippen LogP contribution in [0.15, 0.2) is 48.5 Å². The van der Waals surface area contributed by atoms with E-state index in [1.54, 1.807) is 25.2 Å². The molecule has 5 nitrogen and oxygen atoms in total. The second-order valence-corrected chi connectivity index (χ2v) is 6.53. The van der Waals surface area contributed by atoms with E-state index in [2.05, 4.69) is 0 Å². The summed E-state index contributed by atoms with van der Waals surface area (Å²) in [6.07, 6.45) is -0.464. The van der Waals surface area contributed by atoms with Crippen molar-refractivity contribution in [1.29, 1.82) is 0 Å². The normalized spacial score (nSPS) is 11.0. The molecule has 2 aromatic carbocycles. The molecule has 0 fully saturated rings. The number of anilines is 2. The van der Waals surface area contributed by atoms with Crippen LogP contribution in [0.3, 0.4) is 0 Å². The van der Waals surface area contributed by atoms with E-state index in [1.807, 2.05) is 51.1 Å². The molecule has 5 heteroatoms. The van der Waals surface area contributed by atoms with Crippen LogP contribution in [0.5, 0.6) is 5.75 Å². The number of nitrogens with two attached hydrogens (primary N) is 1. The molecule has 0 spiro atoms. The third-order valence-corrected chi connectivity index (χ3v) is 3.28. The van der Waals surface area contributed by atoms with Crippen molar-refractivity contribution in [1.82, 2.24) is 0 Å². The summed E-state index contributed by atoms with van der Waals surface area (Å²) in [5.41, 5.74) is 7.52. The van der Waals surface area contributed by atoms with E-state index in [0.717, 1.165) is 5.56 Å². The number of hydrogen-bond acceptors (Lipinski definition) is 4. The van der Waals surface area contributed by atoms with E-state index in [4.69, 9.17) is 15.2 Å². The standard InChI is InChI=1S/C19H24N2O3/c1-19(2,3)24-18(22)21(4)17-12-15(10-11-16(17)20)23-13-14-8-6-5-7-9-14/h5-12H,13,20H2,1-4H3. The summed E-state index contributed by atoms with van der Waals surface area (Å²) in [6, 6.07) is 15.1. The van der Waals surface area contributed by atoms with Crippen LogP contribution >= 0.6 is 0 Å². The number of nitrogens with zero attached hydrogens (tertiary/aromatic N) is 1. The highest BCUT2D eigenvalue weighted by atomic mass is 16.6. The fourth-order valence-electron chi connectivity index (χ4n) is 2.07. The van der Waals surface area contributed by atoms with Crippen LogP contribution in [-0.2, 0) is 11.3 Å². The van der Waals surface area contributed by atoms with Crippen LogP contribution in [0.4, 0.5) is 16.2 Å². The molecule has 0 aliphatic heterocycles. The Morgan fingerprint density at radius 1 is 1.12 bits per heavy atom. The van der Waals surface area contributed by atoms with Crippen molar-refractivity contribution < 1.29 is 14.3 Å². The fourth-order valence-corrected chi connectivity index (χ4v) is 2.07. The predicted octanol–water partition coefficient (Wildman–Crippen LogP) is 4.22. The molecule has 1 amide bonds. The van der Waals surface area contributed by atoms with Crippen LogP contribution in [0, 0.1) is 0 Å². The molecule has 2 aromatic rings. The first-order valence-corrected chi connectivity index (χ1v) is 7.79. The van der Waals surface area contributed by atoms with E-state index in [9.17, 15) is 4.79 Å². The van der Waals surface area contributed by atoms with Crippen LogP contribution in [0.25, 0.3) is 0 Å². The highest BCUT2D eigenvalue weighted by Crippen LogP contribution is 2.29. The lowest BCUT2D eigenvalue weighted by Crippen LogP contribution is -2.34. The van der Waals surface area contributed by atoms with Crippen molar-refractivity contribution in [2.45, 2.75) is 33.0 Å². The third-order valence-electron chi connectivity index (χ3n) is 3.28. The first-order chi connectivity index (χ1) is 11.3. The fraction of sp³-hybridized carbons (Fsp3) is 0.316. The van der Waals surface area contributed by atoms with Gasteiger partial charge in [0.05, 0.1) is 11.4 Å². The van der Waals surface area contributed by atoms with Crippen LogP contribution in [-0.4, -0.2) is 18.7 Å². The smallest absolute Gasteiger partial charge is 0.414 e. The number of benzene rings is 2. The molecule has 0 bridgehead atoms. The lowest BCUT2D eigenvalue weighted by Gasteiger charge is -2.25. The first-order valence-electron chi connectivity index (χ1n) is 7.79. The van der Waals surface area contributed by atoms with Crippen LogP contribution < -0.4 is 15.4 Å². The Morgan fingerprint density at radius 2 is 1.79 bits per heavy atom. The van der Waals surface area contributed by atoms with Crippen molar-refractivity contribution in [2.75, 3.05) is 17.7 Å². The van der Waals surface area contributed by atoms with Gasteiger partial charge in [-0.2, -0.15) is 0 Å². The molecule has 2 N–H and O–H groups in total. The highest BCUT2D eigenvalue weighted by Gasteiger charge is 2.22. The van der Waals surface area contributed by atoms with Crippen molar-refractivity contribution in [3.8, 4) is 5.75 Å². The summed E-state index contributed by atoms with van der Waals surface area (Å²) >= 11 is 0. The summed E-state index contributed by atoms with van der Waals surface area (Å²) in [5, 5.41) is 0. The topological polar surface area (TPSA) is 64.8 Å². The lowest BCUT2D eigenvalue weighted by atomic mass is 10.2. The minimum absolute atomic E-state index is 0.445. The molecule has 0 unspecified atom stereocenters. The second kappa shape index (κ2) is 7.25. The molecule has 0 saturated heterocycles. The molecule has 128 valence electrons. The van der Waals surface area contributed by atoms with Gasteiger partial charge in [-0.1, -0.05) is 30.3 Å². The van der Waals surface area contributed by atoms with Gasteiger partial charge in [0.15, 0.2) is 0 Å². The van der Waals surface area contributed by atoms with Crippen molar-refractivity contribution in [3.63, 3.8) is 0 Å². The third kappa shape index (κ3) is 4.91. The van der Waals surface area contributed by atoms with Gasteiger partial charge in [0.25, 0.3) is 0 Å². The maximum absolute atomic E-state index is 12.2. The van der Waals surface area contributed by atoms with E-state index < -0.39 is 11.7 Å². The summed E-state index contributed by atoms with van der Waals surface area (Å²) in [7, 11) is 1.63. The number of rotatable bonds is 4. The number of ether oxygens (including phenoxy) is 2. The molecule has 2 rings (SSSR count). The lowest BCUT2D eigenvalue weighted by molar-refractivity contribution is 0.0589. The second-order valence-electron chi connectivity index (χ2n) is 6.53. The molecule has 0 radical (unpaired) electrons. The average Bonchev–Trinajstić information content (AvgIpc) is 2.53. The average molecular weight is 328 g/mol. The predicted molar refractivity (Wildman–Crippen MR) is 96.3 cm³/mol. The molecule has 0 aromatic heterocycles. The minimum atomic E-state index is -0.568. The van der Waals surface area contributed by atoms with Crippen molar-refractivity contribution in [3.05, 3.63) is 54.1 Å². The first kappa shape index (κ1) is 17.7. The summed E-state index contributed by atoms with van der Waals surface area (Å²) in [6.45, 7) is 5.91. The highest BCUT2D eigenvalue weighted by molar-refractivity contribution is 5.91. The number of amides is 1. The number of carbonyl (C=O) groups excluding carboxylic acids is 1. The number of carbonyl (C=O) groups is 1. The summed E-state index contributed by atoms with van der Waals surface area (Å²) < 4.78 is 11.2. The van der Waals surface area contributed by atoms with Gasteiger partial charge in [0.2, 0.25) is 0 Å². The number of nitrogen functional groups attached to an aromatic ring is 1. The zero-order valence-electron chi connectivity index (χ0n) is 14.6. The van der Waals surface area contributed by atoms with E-state index >= 15 is 0 Å². The molecular weight excluding hydrogens is 304 g/mol. The molecule has 0 saturated carbocycles. The largest absolute Gasteiger partial charge is 0.489 e. The van der Waals surface area contributed by atoms with E-state index in [-0.39, 0.29) is 0 Å². The Morgan fingerprint density at radius 3 is 2.42 bits per heavy atom. The summed E-state index contributed by atoms with van der Waals surface area (Å²) in [5.74, 6) is 0.637. The van der Waals surface area contributed by atoms with Crippen LogP contribution in [0.2, 0.25) is 0 Å². The molecule has 24 heavy (non-hydrogen) atoms. The number of hydrogen-bond donors (Lipinski definition) is 1. The minimum Gasteiger partial charge on any atom is -0.489 e. The van der Waals surface area contributed by atoms with Gasteiger partial charge in [0, 0.05) is 13.1 Å². The van der Waals surface area contributed by atoms with Gasteiger partial charge in [-0.15, -0.1) is 0 Å². The zero-order chi connectivity index (χ0) is 17.7. The van der Waals surface area contributed by atoms with Crippen molar-refractivity contribution >= 4 is 17.5 Å². The Bertz CT molecular complexity index is 694. The SMILES string of the molecule is CN(C(=O)OC(C)(C)C)c1cc(OCc2ccccc2)ccc1N. The molecule has 0 heterocycles. The van der Waals surface area contributed by atoms with Gasteiger partial charge < -0.3 is 15.2 Å². The van der Waals surface area contributed by atoms with Crippen molar-refractivity contribution in [2.24, 2.45) is 0 Å².